The SMILES string of the molecule is CCC[CH2][Sn]([CH2]CCC)([CH2]CCC)/[C](=C/c1ccc(OCC)cc1)C(N)=O. The summed E-state index contributed by atoms with van der Waals surface area (Å²) in [6.07, 6.45) is 9.34. The first-order chi connectivity index (χ1) is 13.0. The first-order valence-corrected chi connectivity index (χ1v) is 18.3. The van der Waals surface area contributed by atoms with Crippen molar-refractivity contribution >= 4 is 30.4 Å². The van der Waals surface area contributed by atoms with E-state index in [4.69, 9.17) is 10.5 Å². The summed E-state index contributed by atoms with van der Waals surface area (Å²) in [6.45, 7) is 9.38. The van der Waals surface area contributed by atoms with Crippen molar-refractivity contribution in [3.63, 3.8) is 0 Å². The summed E-state index contributed by atoms with van der Waals surface area (Å²) >= 11 is -2.83. The van der Waals surface area contributed by atoms with Crippen LogP contribution >= 0.6 is 0 Å². The van der Waals surface area contributed by atoms with Gasteiger partial charge in [0.15, 0.2) is 0 Å². The van der Waals surface area contributed by atoms with Gasteiger partial charge in [0.25, 0.3) is 0 Å². The summed E-state index contributed by atoms with van der Waals surface area (Å²) in [6, 6.07) is 8.05. The van der Waals surface area contributed by atoms with Crippen molar-refractivity contribution in [2.45, 2.75) is 79.5 Å². The van der Waals surface area contributed by atoms with Crippen LogP contribution in [0.15, 0.2) is 27.9 Å². The minimum absolute atomic E-state index is 0.178. The molecule has 3 nitrogen and oxygen atoms in total. The fourth-order valence-corrected chi connectivity index (χ4v) is 19.9. The van der Waals surface area contributed by atoms with E-state index in [0.717, 1.165) is 14.9 Å². The van der Waals surface area contributed by atoms with Gasteiger partial charge >= 0.3 is 171 Å². The molecule has 0 saturated carbocycles. The van der Waals surface area contributed by atoms with Gasteiger partial charge in [-0.15, -0.1) is 0 Å². The molecule has 0 spiro atoms. The molecule has 0 aliphatic carbocycles. The van der Waals surface area contributed by atoms with Gasteiger partial charge in [0.2, 0.25) is 0 Å². The molecule has 0 heterocycles. The molecule has 0 unspecified atom stereocenters. The third-order valence-corrected chi connectivity index (χ3v) is 21.0. The van der Waals surface area contributed by atoms with Gasteiger partial charge < -0.3 is 0 Å². The Kier molecular flexibility index (Phi) is 11.8. The van der Waals surface area contributed by atoms with Crippen molar-refractivity contribution < 1.29 is 9.53 Å². The maximum atomic E-state index is 12.6. The number of hydrogen-bond donors (Lipinski definition) is 1. The summed E-state index contributed by atoms with van der Waals surface area (Å²) in [5.74, 6) is 0.691. The van der Waals surface area contributed by atoms with Gasteiger partial charge in [-0.1, -0.05) is 0 Å². The molecular formula is C23H39NO2Sn. The Bertz CT molecular complexity index is 559. The zero-order valence-corrected chi connectivity index (χ0v) is 20.7. The number of nitrogens with two attached hydrogens (primary N) is 1. The van der Waals surface area contributed by atoms with Crippen molar-refractivity contribution in [1.29, 1.82) is 0 Å². The number of rotatable bonds is 14. The molecule has 0 aliphatic rings. The van der Waals surface area contributed by atoms with Crippen molar-refractivity contribution in [1.82, 2.24) is 0 Å². The molecule has 0 atom stereocenters. The van der Waals surface area contributed by atoms with Gasteiger partial charge in [0.05, 0.1) is 0 Å². The number of hydrogen-bond acceptors (Lipinski definition) is 2. The molecule has 0 saturated heterocycles. The molecular weight excluding hydrogens is 441 g/mol. The van der Waals surface area contributed by atoms with Crippen molar-refractivity contribution in [2.75, 3.05) is 6.61 Å². The van der Waals surface area contributed by atoms with E-state index in [1.165, 1.54) is 51.8 Å². The molecule has 0 aliphatic heterocycles. The molecule has 4 heteroatoms. The number of carbonyl (C=O) groups is 1. The Morgan fingerprint density at radius 2 is 1.41 bits per heavy atom. The molecule has 1 rings (SSSR count). The van der Waals surface area contributed by atoms with Crippen LogP contribution < -0.4 is 10.5 Å². The van der Waals surface area contributed by atoms with E-state index in [2.05, 4.69) is 26.8 Å². The van der Waals surface area contributed by atoms with Crippen LogP contribution in [0.3, 0.4) is 0 Å². The Morgan fingerprint density at radius 3 is 1.78 bits per heavy atom. The average Bonchev–Trinajstić information content (AvgIpc) is 2.67. The van der Waals surface area contributed by atoms with Gasteiger partial charge in [-0.25, -0.2) is 0 Å². The standard InChI is InChI=1S/C11H12NO2.3C4H9.Sn/c1-2-14-10-6-3-9(4-7-10)5-8-11(12)13;3*1-3-4-2;/h3-7H,2H2,1H3,(H2,12,13);3*1,3-4H2,2H3;. The van der Waals surface area contributed by atoms with E-state index in [9.17, 15) is 4.79 Å². The second-order valence-electron chi connectivity index (χ2n) is 7.52. The van der Waals surface area contributed by atoms with Crippen LogP contribution in [0.4, 0.5) is 0 Å². The topological polar surface area (TPSA) is 52.3 Å². The molecule has 0 radical (unpaired) electrons. The van der Waals surface area contributed by atoms with Gasteiger partial charge in [-0.2, -0.15) is 0 Å². The Hall–Kier alpha value is -0.971. The van der Waals surface area contributed by atoms with Gasteiger partial charge in [0, 0.05) is 0 Å². The monoisotopic (exact) mass is 481 g/mol. The third-order valence-electron chi connectivity index (χ3n) is 5.37. The number of primary amides is 1. The van der Waals surface area contributed by atoms with Crippen molar-refractivity contribution in [3.8, 4) is 5.75 Å². The second kappa shape index (κ2) is 13.2. The summed E-state index contributed by atoms with van der Waals surface area (Å²) in [7, 11) is 0. The van der Waals surface area contributed by atoms with Crippen LogP contribution in [0, 0.1) is 0 Å². The number of carbonyl (C=O) groups excluding carboxylic acids is 1. The molecule has 27 heavy (non-hydrogen) atoms. The van der Waals surface area contributed by atoms with E-state index in [-0.39, 0.29) is 5.91 Å². The second-order valence-corrected chi connectivity index (χ2v) is 20.6. The van der Waals surface area contributed by atoms with E-state index >= 15 is 0 Å². The third kappa shape index (κ3) is 7.88. The molecule has 0 fully saturated rings. The minimum atomic E-state index is -2.83. The predicted octanol–water partition coefficient (Wildman–Crippen LogP) is 6.34. The van der Waals surface area contributed by atoms with Gasteiger partial charge in [-0.05, 0) is 0 Å². The van der Waals surface area contributed by atoms with Gasteiger partial charge in [-0.3, -0.25) is 0 Å². The first kappa shape index (κ1) is 24.1. The summed E-state index contributed by atoms with van der Waals surface area (Å²) < 4.78 is 10.3. The van der Waals surface area contributed by atoms with Crippen molar-refractivity contribution in [3.05, 3.63) is 33.4 Å². The van der Waals surface area contributed by atoms with Gasteiger partial charge in [0.1, 0.15) is 0 Å². The van der Waals surface area contributed by atoms with E-state index in [0.29, 0.717) is 6.61 Å². The Labute approximate surface area is 170 Å². The Balaban J connectivity index is 3.31. The molecule has 1 aromatic carbocycles. The number of benzene rings is 1. The number of amides is 1. The number of ether oxygens (including phenoxy) is 1. The molecule has 1 aromatic rings. The van der Waals surface area contributed by atoms with Crippen LogP contribution in [0.2, 0.25) is 13.3 Å². The van der Waals surface area contributed by atoms with Crippen LogP contribution in [0.25, 0.3) is 6.08 Å². The quantitative estimate of drug-likeness (QED) is 0.250. The Morgan fingerprint density at radius 1 is 0.926 bits per heavy atom. The van der Waals surface area contributed by atoms with E-state index in [1.54, 1.807) is 0 Å². The first-order valence-electron chi connectivity index (χ1n) is 10.8. The zero-order chi connectivity index (χ0) is 20.1. The fourth-order valence-electron chi connectivity index (χ4n) is 3.80. The molecule has 152 valence electrons. The van der Waals surface area contributed by atoms with Crippen LogP contribution in [0.5, 0.6) is 5.75 Å². The molecule has 1 amide bonds. The number of unbranched alkanes of at least 4 members (excludes halogenated alkanes) is 3. The average molecular weight is 480 g/mol. The van der Waals surface area contributed by atoms with Crippen LogP contribution in [-0.2, 0) is 4.79 Å². The van der Waals surface area contributed by atoms with E-state index < -0.39 is 18.4 Å². The van der Waals surface area contributed by atoms with Crippen LogP contribution in [-0.4, -0.2) is 30.9 Å². The summed E-state index contributed by atoms with van der Waals surface area (Å²) in [5, 5.41) is 0. The fraction of sp³-hybridized carbons (Fsp3) is 0.609. The zero-order valence-electron chi connectivity index (χ0n) is 17.9. The molecule has 0 aromatic heterocycles. The molecule has 2 N–H and O–H groups in total. The summed E-state index contributed by atoms with van der Waals surface area (Å²) in [4.78, 5) is 12.6. The van der Waals surface area contributed by atoms with Crippen molar-refractivity contribution in [2.24, 2.45) is 5.73 Å². The van der Waals surface area contributed by atoms with Crippen LogP contribution in [0.1, 0.15) is 71.8 Å². The molecule has 0 bridgehead atoms. The normalized spacial score (nSPS) is 12.2. The summed E-state index contributed by atoms with van der Waals surface area (Å²) in [5.41, 5.74) is 7.05. The maximum absolute atomic E-state index is 12.6. The predicted molar refractivity (Wildman–Crippen MR) is 120 cm³/mol. The van der Waals surface area contributed by atoms with E-state index in [1.807, 2.05) is 31.2 Å².